The van der Waals surface area contributed by atoms with Crippen molar-refractivity contribution in [3.05, 3.63) is 0 Å². The summed E-state index contributed by atoms with van der Waals surface area (Å²) in [6.07, 6.45) is 5.58. The SMILES string of the molecule is CON(C)CC1CCC(C)CC1. The van der Waals surface area contributed by atoms with Crippen LogP contribution in [0.3, 0.4) is 0 Å². The fourth-order valence-electron chi connectivity index (χ4n) is 1.95. The Labute approximate surface area is 75.8 Å². The highest BCUT2D eigenvalue weighted by molar-refractivity contribution is 4.70. The Morgan fingerprint density at radius 2 is 1.83 bits per heavy atom. The Morgan fingerprint density at radius 1 is 1.25 bits per heavy atom. The molecule has 2 heteroatoms. The summed E-state index contributed by atoms with van der Waals surface area (Å²) in [6, 6.07) is 0. The first kappa shape index (κ1) is 10.0. The Kier molecular flexibility index (Phi) is 4.02. The van der Waals surface area contributed by atoms with Crippen LogP contribution in [0.25, 0.3) is 0 Å². The number of nitrogens with zero attached hydrogens (tertiary/aromatic N) is 1. The van der Waals surface area contributed by atoms with Gasteiger partial charge in [0, 0.05) is 13.6 Å². The zero-order chi connectivity index (χ0) is 8.97. The molecule has 0 heterocycles. The number of hydrogen-bond acceptors (Lipinski definition) is 2. The molecular formula is C10H21NO. The van der Waals surface area contributed by atoms with E-state index in [0.29, 0.717) is 0 Å². The van der Waals surface area contributed by atoms with E-state index in [-0.39, 0.29) is 0 Å². The van der Waals surface area contributed by atoms with Crippen LogP contribution < -0.4 is 0 Å². The molecule has 0 spiro atoms. The van der Waals surface area contributed by atoms with E-state index >= 15 is 0 Å². The van der Waals surface area contributed by atoms with Gasteiger partial charge in [0.05, 0.1) is 7.11 Å². The molecule has 1 aliphatic rings. The molecule has 12 heavy (non-hydrogen) atoms. The molecule has 0 aromatic rings. The third kappa shape index (κ3) is 3.11. The van der Waals surface area contributed by atoms with Gasteiger partial charge < -0.3 is 4.84 Å². The van der Waals surface area contributed by atoms with E-state index in [4.69, 9.17) is 4.84 Å². The minimum Gasteiger partial charge on any atom is -0.303 e. The smallest absolute Gasteiger partial charge is 0.0575 e. The normalized spacial score (nSPS) is 31.0. The maximum absolute atomic E-state index is 5.11. The van der Waals surface area contributed by atoms with E-state index in [1.165, 1.54) is 25.7 Å². The van der Waals surface area contributed by atoms with Crippen LogP contribution in [-0.4, -0.2) is 25.8 Å². The topological polar surface area (TPSA) is 12.5 Å². The molecule has 1 fully saturated rings. The van der Waals surface area contributed by atoms with Crippen molar-refractivity contribution in [3.8, 4) is 0 Å². The molecule has 0 bridgehead atoms. The molecule has 1 aliphatic carbocycles. The van der Waals surface area contributed by atoms with Crippen LogP contribution in [0.1, 0.15) is 32.6 Å². The Hall–Kier alpha value is -0.0800. The average Bonchev–Trinajstić information content (AvgIpc) is 2.09. The highest BCUT2D eigenvalue weighted by atomic mass is 16.7. The van der Waals surface area contributed by atoms with Gasteiger partial charge in [-0.05, 0) is 24.7 Å². The first-order chi connectivity index (χ1) is 5.72. The number of rotatable bonds is 3. The van der Waals surface area contributed by atoms with Gasteiger partial charge in [-0.25, -0.2) is 0 Å². The van der Waals surface area contributed by atoms with Gasteiger partial charge in [-0.2, -0.15) is 5.06 Å². The maximum atomic E-state index is 5.11. The van der Waals surface area contributed by atoms with E-state index in [0.717, 1.165) is 18.4 Å². The third-order valence-corrected chi connectivity index (χ3v) is 2.96. The fraction of sp³-hybridized carbons (Fsp3) is 1.00. The van der Waals surface area contributed by atoms with Crippen LogP contribution in [0.4, 0.5) is 0 Å². The highest BCUT2D eigenvalue weighted by Gasteiger charge is 2.19. The molecular weight excluding hydrogens is 150 g/mol. The Morgan fingerprint density at radius 3 is 2.33 bits per heavy atom. The lowest BCUT2D eigenvalue weighted by Crippen LogP contribution is -2.27. The second kappa shape index (κ2) is 4.83. The first-order valence-electron chi connectivity index (χ1n) is 4.97. The molecule has 0 unspecified atom stereocenters. The third-order valence-electron chi connectivity index (χ3n) is 2.96. The summed E-state index contributed by atoms with van der Waals surface area (Å²) < 4.78 is 0. The van der Waals surface area contributed by atoms with E-state index in [2.05, 4.69) is 6.92 Å². The molecule has 0 N–H and O–H groups in total. The Balaban J connectivity index is 2.17. The van der Waals surface area contributed by atoms with Gasteiger partial charge in [0.15, 0.2) is 0 Å². The van der Waals surface area contributed by atoms with Gasteiger partial charge >= 0.3 is 0 Å². The van der Waals surface area contributed by atoms with Crippen molar-refractivity contribution in [1.29, 1.82) is 0 Å². The van der Waals surface area contributed by atoms with Gasteiger partial charge in [-0.15, -0.1) is 0 Å². The lowest BCUT2D eigenvalue weighted by molar-refractivity contribution is -0.120. The molecule has 1 rings (SSSR count). The summed E-state index contributed by atoms with van der Waals surface area (Å²) in [6.45, 7) is 3.46. The standard InChI is InChI=1S/C10H21NO/c1-9-4-6-10(7-5-9)8-11(2)12-3/h9-10H,4-8H2,1-3H3. The monoisotopic (exact) mass is 171 g/mol. The molecule has 72 valence electrons. The molecule has 0 atom stereocenters. The summed E-state index contributed by atoms with van der Waals surface area (Å²) >= 11 is 0. The second-order valence-electron chi connectivity index (χ2n) is 4.12. The minimum absolute atomic E-state index is 0.867. The van der Waals surface area contributed by atoms with Crippen molar-refractivity contribution in [2.75, 3.05) is 20.7 Å². The van der Waals surface area contributed by atoms with Crippen molar-refractivity contribution >= 4 is 0 Å². The van der Waals surface area contributed by atoms with Crippen LogP contribution in [0, 0.1) is 11.8 Å². The molecule has 1 saturated carbocycles. The number of hydrogen-bond donors (Lipinski definition) is 0. The van der Waals surface area contributed by atoms with E-state index in [1.807, 2.05) is 12.1 Å². The van der Waals surface area contributed by atoms with Crippen LogP contribution in [0.2, 0.25) is 0 Å². The molecule has 0 aromatic carbocycles. The largest absolute Gasteiger partial charge is 0.303 e. The molecule has 2 nitrogen and oxygen atoms in total. The van der Waals surface area contributed by atoms with Gasteiger partial charge in [0.2, 0.25) is 0 Å². The van der Waals surface area contributed by atoms with Crippen LogP contribution >= 0.6 is 0 Å². The van der Waals surface area contributed by atoms with Gasteiger partial charge in [-0.3, -0.25) is 0 Å². The first-order valence-corrected chi connectivity index (χ1v) is 4.97. The summed E-state index contributed by atoms with van der Waals surface area (Å²) in [7, 11) is 3.75. The van der Waals surface area contributed by atoms with Crippen LogP contribution in [0.15, 0.2) is 0 Å². The highest BCUT2D eigenvalue weighted by Crippen LogP contribution is 2.28. The van der Waals surface area contributed by atoms with Gasteiger partial charge in [0.25, 0.3) is 0 Å². The zero-order valence-corrected chi connectivity index (χ0v) is 8.55. The van der Waals surface area contributed by atoms with E-state index in [1.54, 1.807) is 7.11 Å². The molecule has 0 aliphatic heterocycles. The fourth-order valence-corrected chi connectivity index (χ4v) is 1.95. The zero-order valence-electron chi connectivity index (χ0n) is 8.55. The van der Waals surface area contributed by atoms with Crippen molar-refractivity contribution < 1.29 is 4.84 Å². The average molecular weight is 171 g/mol. The summed E-state index contributed by atoms with van der Waals surface area (Å²) in [5.74, 6) is 1.82. The van der Waals surface area contributed by atoms with Crippen molar-refractivity contribution in [2.24, 2.45) is 11.8 Å². The van der Waals surface area contributed by atoms with Crippen molar-refractivity contribution in [1.82, 2.24) is 5.06 Å². The van der Waals surface area contributed by atoms with Crippen molar-refractivity contribution in [3.63, 3.8) is 0 Å². The molecule has 0 radical (unpaired) electrons. The summed E-state index contributed by atoms with van der Waals surface area (Å²) in [4.78, 5) is 5.11. The molecule has 0 saturated heterocycles. The van der Waals surface area contributed by atoms with Crippen LogP contribution in [-0.2, 0) is 4.84 Å². The second-order valence-corrected chi connectivity index (χ2v) is 4.12. The van der Waals surface area contributed by atoms with Crippen molar-refractivity contribution in [2.45, 2.75) is 32.6 Å². The Bertz CT molecular complexity index is 119. The predicted molar refractivity (Wildman–Crippen MR) is 50.8 cm³/mol. The van der Waals surface area contributed by atoms with Crippen LogP contribution in [0.5, 0.6) is 0 Å². The summed E-state index contributed by atoms with van der Waals surface area (Å²) in [5, 5.41) is 1.95. The summed E-state index contributed by atoms with van der Waals surface area (Å²) in [5.41, 5.74) is 0. The minimum atomic E-state index is 0.867. The van der Waals surface area contributed by atoms with E-state index in [9.17, 15) is 0 Å². The maximum Gasteiger partial charge on any atom is 0.0575 e. The number of hydroxylamine groups is 2. The van der Waals surface area contributed by atoms with E-state index < -0.39 is 0 Å². The lowest BCUT2D eigenvalue weighted by atomic mass is 9.83. The van der Waals surface area contributed by atoms with Gasteiger partial charge in [-0.1, -0.05) is 19.8 Å². The quantitative estimate of drug-likeness (QED) is 0.604. The molecule has 0 aromatic heterocycles. The lowest BCUT2D eigenvalue weighted by Gasteiger charge is -2.28. The predicted octanol–water partition coefficient (Wildman–Crippen LogP) is 2.31. The van der Waals surface area contributed by atoms with Gasteiger partial charge in [0.1, 0.15) is 0 Å². The molecule has 0 amide bonds.